The first-order valence-electron chi connectivity index (χ1n) is 6.38. The predicted molar refractivity (Wildman–Crippen MR) is 73.0 cm³/mol. The summed E-state index contributed by atoms with van der Waals surface area (Å²) in [5.41, 5.74) is 0.857. The highest BCUT2D eigenvalue weighted by atomic mass is 19.1. The second kappa shape index (κ2) is 6.13. The highest BCUT2D eigenvalue weighted by Crippen LogP contribution is 2.17. The van der Waals surface area contributed by atoms with Crippen molar-refractivity contribution in [3.05, 3.63) is 66.1 Å². The van der Waals surface area contributed by atoms with Gasteiger partial charge in [0.2, 0.25) is 5.82 Å². The number of nitrogens with zero attached hydrogens (tertiary/aromatic N) is 3. The SMILES string of the molecule is O=C(OCc1nc(-c2cccc(F)c2)no1)c1ccncc1. The third-order valence-corrected chi connectivity index (χ3v) is 2.79. The van der Waals surface area contributed by atoms with Crippen LogP contribution in [0.2, 0.25) is 0 Å². The van der Waals surface area contributed by atoms with Crippen LogP contribution in [0.3, 0.4) is 0 Å². The van der Waals surface area contributed by atoms with Crippen LogP contribution in [0.15, 0.2) is 53.3 Å². The van der Waals surface area contributed by atoms with Gasteiger partial charge in [-0.15, -0.1) is 0 Å². The molecule has 0 aliphatic heterocycles. The molecule has 7 heteroatoms. The van der Waals surface area contributed by atoms with Gasteiger partial charge in [0.05, 0.1) is 5.56 Å². The van der Waals surface area contributed by atoms with Crippen LogP contribution in [-0.4, -0.2) is 21.1 Å². The molecule has 3 aromatic rings. The molecule has 0 aliphatic carbocycles. The van der Waals surface area contributed by atoms with E-state index < -0.39 is 11.8 Å². The van der Waals surface area contributed by atoms with Gasteiger partial charge in [0, 0.05) is 18.0 Å². The van der Waals surface area contributed by atoms with Gasteiger partial charge in [0.1, 0.15) is 5.82 Å². The normalized spacial score (nSPS) is 10.4. The van der Waals surface area contributed by atoms with Crippen LogP contribution in [0.4, 0.5) is 4.39 Å². The maximum absolute atomic E-state index is 13.1. The zero-order valence-corrected chi connectivity index (χ0v) is 11.3. The molecule has 22 heavy (non-hydrogen) atoms. The zero-order chi connectivity index (χ0) is 15.4. The fourth-order valence-electron chi connectivity index (χ4n) is 1.76. The van der Waals surface area contributed by atoms with Crippen LogP contribution in [0.1, 0.15) is 16.2 Å². The first kappa shape index (κ1) is 13.9. The third-order valence-electron chi connectivity index (χ3n) is 2.79. The van der Waals surface area contributed by atoms with Gasteiger partial charge in [-0.3, -0.25) is 4.98 Å². The summed E-state index contributed by atoms with van der Waals surface area (Å²) < 4.78 is 23.2. The molecule has 6 nitrogen and oxygen atoms in total. The van der Waals surface area contributed by atoms with Crippen LogP contribution in [-0.2, 0) is 11.3 Å². The molecule has 0 saturated carbocycles. The van der Waals surface area contributed by atoms with E-state index in [0.717, 1.165) is 0 Å². The average Bonchev–Trinajstić information content (AvgIpc) is 3.02. The minimum absolute atomic E-state index is 0.127. The summed E-state index contributed by atoms with van der Waals surface area (Å²) >= 11 is 0. The fraction of sp³-hybridized carbons (Fsp3) is 0.0667. The van der Waals surface area contributed by atoms with E-state index in [9.17, 15) is 9.18 Å². The summed E-state index contributed by atoms with van der Waals surface area (Å²) in [7, 11) is 0. The van der Waals surface area contributed by atoms with Gasteiger partial charge in [0.15, 0.2) is 6.61 Å². The number of benzene rings is 1. The van der Waals surface area contributed by atoms with E-state index in [1.807, 2.05) is 0 Å². The van der Waals surface area contributed by atoms with Crippen LogP contribution >= 0.6 is 0 Å². The molecule has 0 N–H and O–H groups in total. The van der Waals surface area contributed by atoms with Crippen molar-refractivity contribution in [1.82, 2.24) is 15.1 Å². The Kier molecular flexibility index (Phi) is 3.86. The van der Waals surface area contributed by atoms with Crippen molar-refractivity contribution in [3.8, 4) is 11.4 Å². The first-order valence-corrected chi connectivity index (χ1v) is 6.38. The van der Waals surface area contributed by atoms with Crippen molar-refractivity contribution in [2.45, 2.75) is 6.61 Å². The van der Waals surface area contributed by atoms with Crippen LogP contribution in [0, 0.1) is 5.82 Å². The molecule has 0 radical (unpaired) electrons. The number of esters is 1. The molecule has 0 saturated heterocycles. The van der Waals surface area contributed by atoms with E-state index in [2.05, 4.69) is 15.1 Å². The Morgan fingerprint density at radius 3 is 2.82 bits per heavy atom. The molecule has 0 fully saturated rings. The summed E-state index contributed by atoms with van der Waals surface area (Å²) in [5.74, 6) is -0.558. The van der Waals surface area contributed by atoms with Gasteiger partial charge in [-0.2, -0.15) is 4.98 Å². The molecule has 0 spiro atoms. The largest absolute Gasteiger partial charge is 0.452 e. The fourth-order valence-corrected chi connectivity index (χ4v) is 1.76. The van der Waals surface area contributed by atoms with Gasteiger partial charge < -0.3 is 9.26 Å². The first-order chi connectivity index (χ1) is 10.7. The number of carbonyl (C=O) groups excluding carboxylic acids is 1. The molecule has 110 valence electrons. The van der Waals surface area contributed by atoms with Gasteiger partial charge >= 0.3 is 5.97 Å². The Morgan fingerprint density at radius 2 is 2.05 bits per heavy atom. The van der Waals surface area contributed by atoms with E-state index in [4.69, 9.17) is 9.26 Å². The zero-order valence-electron chi connectivity index (χ0n) is 11.3. The van der Waals surface area contributed by atoms with Crippen molar-refractivity contribution < 1.29 is 18.4 Å². The van der Waals surface area contributed by atoms with Crippen LogP contribution in [0.5, 0.6) is 0 Å². The van der Waals surface area contributed by atoms with Crippen molar-refractivity contribution in [3.63, 3.8) is 0 Å². The second-order valence-electron chi connectivity index (χ2n) is 4.33. The molecule has 0 atom stereocenters. The molecular formula is C15H10FN3O3. The summed E-state index contributed by atoms with van der Waals surface area (Å²) in [6.45, 7) is -0.163. The van der Waals surface area contributed by atoms with Crippen LogP contribution < -0.4 is 0 Å². The van der Waals surface area contributed by atoms with Gasteiger partial charge in [-0.1, -0.05) is 17.3 Å². The Morgan fingerprint density at radius 1 is 1.23 bits per heavy atom. The predicted octanol–water partition coefficient (Wildman–Crippen LogP) is 2.63. The van der Waals surface area contributed by atoms with Crippen molar-refractivity contribution >= 4 is 5.97 Å². The number of ether oxygens (including phenoxy) is 1. The molecule has 2 aromatic heterocycles. The van der Waals surface area contributed by atoms with Crippen molar-refractivity contribution in [2.75, 3.05) is 0 Å². The molecule has 3 rings (SSSR count). The lowest BCUT2D eigenvalue weighted by Gasteiger charge is -2.00. The topological polar surface area (TPSA) is 78.1 Å². The number of halogens is 1. The lowest BCUT2D eigenvalue weighted by atomic mass is 10.2. The van der Waals surface area contributed by atoms with Crippen LogP contribution in [0.25, 0.3) is 11.4 Å². The minimum atomic E-state index is -0.520. The number of carbonyl (C=O) groups is 1. The number of hydrogen-bond donors (Lipinski definition) is 0. The number of rotatable bonds is 4. The molecular weight excluding hydrogens is 289 g/mol. The van der Waals surface area contributed by atoms with Gasteiger partial charge in [-0.25, -0.2) is 9.18 Å². The average molecular weight is 299 g/mol. The maximum atomic E-state index is 13.1. The third kappa shape index (κ3) is 3.14. The summed E-state index contributed by atoms with van der Waals surface area (Å²) in [6, 6.07) is 8.88. The van der Waals surface area contributed by atoms with E-state index in [-0.39, 0.29) is 18.3 Å². The van der Waals surface area contributed by atoms with Crippen molar-refractivity contribution in [1.29, 1.82) is 0 Å². The van der Waals surface area contributed by atoms with Crippen molar-refractivity contribution in [2.24, 2.45) is 0 Å². The van der Waals surface area contributed by atoms with Gasteiger partial charge in [-0.05, 0) is 24.3 Å². The maximum Gasteiger partial charge on any atom is 0.338 e. The van der Waals surface area contributed by atoms with E-state index in [1.165, 1.54) is 36.7 Å². The quantitative estimate of drug-likeness (QED) is 0.689. The summed E-state index contributed by atoms with van der Waals surface area (Å²) in [4.78, 5) is 19.6. The smallest absolute Gasteiger partial charge is 0.338 e. The molecule has 1 aromatic carbocycles. The Labute approximate surface area is 124 Å². The Hall–Kier alpha value is -3.09. The second-order valence-corrected chi connectivity index (χ2v) is 4.33. The molecule has 0 unspecified atom stereocenters. The Balaban J connectivity index is 1.66. The molecule has 2 heterocycles. The number of aromatic nitrogens is 3. The molecule has 0 aliphatic rings. The Bertz CT molecular complexity index is 789. The lowest BCUT2D eigenvalue weighted by Crippen LogP contribution is -2.05. The minimum Gasteiger partial charge on any atom is -0.452 e. The lowest BCUT2D eigenvalue weighted by molar-refractivity contribution is 0.0429. The highest BCUT2D eigenvalue weighted by Gasteiger charge is 2.12. The molecule has 0 bridgehead atoms. The van der Waals surface area contributed by atoms with Gasteiger partial charge in [0.25, 0.3) is 5.89 Å². The highest BCUT2D eigenvalue weighted by molar-refractivity contribution is 5.89. The summed E-state index contributed by atoms with van der Waals surface area (Å²) in [6.07, 6.45) is 2.98. The molecule has 0 amide bonds. The monoisotopic (exact) mass is 299 g/mol. The van der Waals surface area contributed by atoms with E-state index in [0.29, 0.717) is 11.1 Å². The summed E-state index contributed by atoms with van der Waals surface area (Å²) in [5, 5.41) is 3.72. The van der Waals surface area contributed by atoms with E-state index >= 15 is 0 Å². The number of pyridine rings is 1. The standard InChI is InChI=1S/C15H10FN3O3/c16-12-3-1-2-11(8-12)14-18-13(22-19-14)9-21-15(20)10-4-6-17-7-5-10/h1-8H,9H2. The van der Waals surface area contributed by atoms with E-state index in [1.54, 1.807) is 12.1 Å². The number of hydrogen-bond acceptors (Lipinski definition) is 6.